The van der Waals surface area contributed by atoms with E-state index < -0.39 is 11.6 Å². The number of amides is 1. The molecule has 1 unspecified atom stereocenters. The van der Waals surface area contributed by atoms with Crippen LogP contribution in [-0.4, -0.2) is 55.9 Å². The van der Waals surface area contributed by atoms with Gasteiger partial charge in [-0.1, -0.05) is 56.0 Å². The van der Waals surface area contributed by atoms with Crippen molar-refractivity contribution < 1.29 is 19.8 Å². The second-order valence-corrected chi connectivity index (χ2v) is 10.9. The fourth-order valence-corrected chi connectivity index (χ4v) is 6.28. The van der Waals surface area contributed by atoms with Gasteiger partial charge in [0.25, 0.3) is 0 Å². The summed E-state index contributed by atoms with van der Waals surface area (Å²) in [5.74, 6) is 0.459. The van der Waals surface area contributed by atoms with Gasteiger partial charge in [-0.3, -0.25) is 4.79 Å². The summed E-state index contributed by atoms with van der Waals surface area (Å²) in [5, 5.41) is 21.3. The third-order valence-electron chi connectivity index (χ3n) is 6.00. The zero-order chi connectivity index (χ0) is 21.6. The van der Waals surface area contributed by atoms with Crippen LogP contribution in [0.25, 0.3) is 0 Å². The third kappa shape index (κ3) is 6.82. The summed E-state index contributed by atoms with van der Waals surface area (Å²) in [6.45, 7) is 2.54. The van der Waals surface area contributed by atoms with Gasteiger partial charge in [-0.05, 0) is 32.1 Å². The van der Waals surface area contributed by atoms with Gasteiger partial charge in [-0.25, -0.2) is 9.78 Å². The number of hydrogen-bond acceptors (Lipinski definition) is 6. The Morgan fingerprint density at radius 2 is 2.13 bits per heavy atom. The van der Waals surface area contributed by atoms with Crippen molar-refractivity contribution in [1.29, 1.82) is 0 Å². The highest BCUT2D eigenvalue weighted by Gasteiger charge is 2.29. The zero-order valence-electron chi connectivity index (χ0n) is 17.6. The number of rotatable bonds is 10. The molecular weight excluding hydrogens is 420 g/mol. The first-order valence-electron chi connectivity index (χ1n) is 10.8. The third-order valence-corrected chi connectivity index (χ3v) is 8.00. The average Bonchev–Trinajstić information content (AvgIpc) is 3.30. The minimum atomic E-state index is -1.02. The number of carboxylic acid groups (broad SMARTS) is 1. The van der Waals surface area contributed by atoms with Crippen molar-refractivity contribution in [2.24, 2.45) is 5.92 Å². The lowest BCUT2D eigenvalue weighted by Gasteiger charge is -2.30. The lowest BCUT2D eigenvalue weighted by Crippen LogP contribution is -2.34. The number of carbonyl (C=O) groups is 2. The molecule has 1 saturated carbocycles. The molecular formula is C22H32N2O4S2. The number of nitrogens with zero attached hydrogens (tertiary/aromatic N) is 2. The van der Waals surface area contributed by atoms with E-state index in [9.17, 15) is 14.7 Å². The Balaban J connectivity index is 1.45. The van der Waals surface area contributed by atoms with E-state index >= 15 is 0 Å². The fourth-order valence-electron chi connectivity index (χ4n) is 4.48. The van der Waals surface area contributed by atoms with E-state index in [2.05, 4.69) is 11.1 Å². The number of thiazole rings is 1. The molecule has 2 atom stereocenters. The Bertz CT molecular complexity index is 756. The van der Waals surface area contributed by atoms with Crippen LogP contribution in [0.4, 0.5) is 0 Å². The predicted octanol–water partition coefficient (Wildman–Crippen LogP) is 4.59. The second kappa shape index (κ2) is 10.8. The number of thioether (sulfide) groups is 1. The van der Waals surface area contributed by atoms with Crippen molar-refractivity contribution >= 4 is 35.0 Å². The first-order valence-corrected chi connectivity index (χ1v) is 12.7. The molecule has 0 aromatic carbocycles. The van der Waals surface area contributed by atoms with Gasteiger partial charge in [-0.15, -0.1) is 11.3 Å². The second-order valence-electron chi connectivity index (χ2n) is 8.68. The molecule has 2 heterocycles. The molecule has 0 spiro atoms. The highest BCUT2D eigenvalue weighted by molar-refractivity contribution is 8.01. The summed E-state index contributed by atoms with van der Waals surface area (Å²) in [5.41, 5.74) is -0.616. The number of carboxylic acids is 1. The number of aliphatic hydroxyl groups is 1. The topological polar surface area (TPSA) is 90.7 Å². The van der Waals surface area contributed by atoms with E-state index in [1.807, 2.05) is 17.9 Å². The van der Waals surface area contributed by atoms with Crippen LogP contribution in [0, 0.1) is 5.92 Å². The lowest BCUT2D eigenvalue weighted by molar-refractivity contribution is -0.128. The molecule has 8 heteroatoms. The summed E-state index contributed by atoms with van der Waals surface area (Å²) in [7, 11) is 0. The molecule has 1 aromatic rings. The lowest BCUT2D eigenvalue weighted by atomic mass is 9.80. The molecule has 0 bridgehead atoms. The van der Waals surface area contributed by atoms with E-state index in [4.69, 9.17) is 5.11 Å². The SMILES string of the molecule is CC(O)(CC=C[C@H]1CCC(=O)N1CCSc1nc(C(=O)O)cs1)CC1CCCCC1. The number of carbonyl (C=O) groups excluding carboxylic acids is 1. The first-order chi connectivity index (χ1) is 14.3. The highest BCUT2D eigenvalue weighted by Crippen LogP contribution is 2.32. The Kier molecular flexibility index (Phi) is 8.36. The van der Waals surface area contributed by atoms with Gasteiger partial charge in [0.05, 0.1) is 11.6 Å². The maximum Gasteiger partial charge on any atom is 0.355 e. The quantitative estimate of drug-likeness (QED) is 0.398. The molecule has 6 nitrogen and oxygen atoms in total. The van der Waals surface area contributed by atoms with Crippen LogP contribution in [0.2, 0.25) is 0 Å². The highest BCUT2D eigenvalue weighted by atomic mass is 32.2. The van der Waals surface area contributed by atoms with Gasteiger partial charge in [0.15, 0.2) is 10.0 Å². The Hall–Kier alpha value is -1.38. The Morgan fingerprint density at radius 3 is 2.83 bits per heavy atom. The largest absolute Gasteiger partial charge is 0.476 e. The maximum absolute atomic E-state index is 12.3. The fraction of sp³-hybridized carbons (Fsp3) is 0.682. The van der Waals surface area contributed by atoms with Gasteiger partial charge in [0, 0.05) is 24.1 Å². The molecule has 30 heavy (non-hydrogen) atoms. The van der Waals surface area contributed by atoms with Crippen LogP contribution < -0.4 is 0 Å². The molecule has 3 rings (SSSR count). The smallest absolute Gasteiger partial charge is 0.355 e. The van der Waals surface area contributed by atoms with E-state index in [1.54, 1.807) is 0 Å². The van der Waals surface area contributed by atoms with Gasteiger partial charge < -0.3 is 15.1 Å². The molecule has 1 saturated heterocycles. The van der Waals surface area contributed by atoms with Crippen molar-refractivity contribution in [2.45, 2.75) is 80.7 Å². The monoisotopic (exact) mass is 452 g/mol. The van der Waals surface area contributed by atoms with Crippen molar-refractivity contribution in [3.05, 3.63) is 23.2 Å². The van der Waals surface area contributed by atoms with E-state index in [0.29, 0.717) is 35.4 Å². The number of aromatic nitrogens is 1. The number of likely N-dealkylation sites (tertiary alicyclic amines) is 1. The van der Waals surface area contributed by atoms with E-state index in [1.165, 1.54) is 60.6 Å². The minimum Gasteiger partial charge on any atom is -0.476 e. The Morgan fingerprint density at radius 1 is 1.37 bits per heavy atom. The Labute approximate surface area is 186 Å². The van der Waals surface area contributed by atoms with Crippen LogP contribution in [0.3, 0.4) is 0 Å². The van der Waals surface area contributed by atoms with E-state index in [-0.39, 0.29) is 17.6 Å². The standard InChI is InChI=1S/C22H32N2O4S2/c1-22(28,14-16-6-3-2-4-7-16)11-5-8-17-9-10-19(25)24(17)12-13-29-21-23-18(15-30-21)20(26)27/h5,8,15-17,28H,2-4,6-7,9-14H2,1H3,(H,26,27)/t17-,22?/m0/s1. The summed E-state index contributed by atoms with van der Waals surface area (Å²) >= 11 is 2.80. The van der Waals surface area contributed by atoms with Gasteiger partial charge in [-0.2, -0.15) is 0 Å². The van der Waals surface area contributed by atoms with Crippen molar-refractivity contribution in [3.63, 3.8) is 0 Å². The summed E-state index contributed by atoms with van der Waals surface area (Å²) in [6, 6.07) is 0.0782. The van der Waals surface area contributed by atoms with Crippen LogP contribution >= 0.6 is 23.1 Å². The molecule has 0 radical (unpaired) electrons. The summed E-state index contributed by atoms with van der Waals surface area (Å²) in [4.78, 5) is 29.2. The average molecular weight is 453 g/mol. The predicted molar refractivity (Wildman–Crippen MR) is 120 cm³/mol. The molecule has 2 fully saturated rings. The van der Waals surface area contributed by atoms with Crippen LogP contribution in [-0.2, 0) is 4.79 Å². The van der Waals surface area contributed by atoms with Crippen molar-refractivity contribution in [2.75, 3.05) is 12.3 Å². The van der Waals surface area contributed by atoms with Crippen LogP contribution in [0.15, 0.2) is 21.9 Å². The molecule has 2 N–H and O–H groups in total. The minimum absolute atomic E-state index is 0.0702. The summed E-state index contributed by atoms with van der Waals surface area (Å²) in [6.07, 6.45) is 13.3. The van der Waals surface area contributed by atoms with Crippen molar-refractivity contribution in [1.82, 2.24) is 9.88 Å². The van der Waals surface area contributed by atoms with Gasteiger partial charge in [0.1, 0.15) is 0 Å². The van der Waals surface area contributed by atoms with Gasteiger partial charge >= 0.3 is 5.97 Å². The molecule has 1 amide bonds. The molecule has 2 aliphatic rings. The van der Waals surface area contributed by atoms with Crippen LogP contribution in [0.1, 0.15) is 75.2 Å². The maximum atomic E-state index is 12.3. The molecule has 1 aliphatic heterocycles. The number of hydrogen-bond donors (Lipinski definition) is 2. The zero-order valence-corrected chi connectivity index (χ0v) is 19.2. The normalized spacial score (nSPS) is 22.7. The van der Waals surface area contributed by atoms with E-state index in [0.717, 1.165) is 12.8 Å². The summed E-state index contributed by atoms with van der Waals surface area (Å²) < 4.78 is 0.713. The molecule has 166 valence electrons. The van der Waals surface area contributed by atoms with Crippen molar-refractivity contribution in [3.8, 4) is 0 Å². The number of aromatic carboxylic acids is 1. The molecule has 1 aromatic heterocycles. The molecule has 1 aliphatic carbocycles. The van der Waals surface area contributed by atoms with Gasteiger partial charge in [0.2, 0.25) is 5.91 Å². The first kappa shape index (κ1) is 23.3. The van der Waals surface area contributed by atoms with Crippen LogP contribution in [0.5, 0.6) is 0 Å².